The lowest BCUT2D eigenvalue weighted by Crippen LogP contribution is -2.30. The first-order chi connectivity index (χ1) is 11.0. The van der Waals surface area contributed by atoms with E-state index in [1.54, 1.807) is 43.3 Å². The van der Waals surface area contributed by atoms with Gasteiger partial charge in [-0.2, -0.15) is 0 Å². The van der Waals surface area contributed by atoms with E-state index in [4.69, 9.17) is 4.74 Å². The third-order valence-electron chi connectivity index (χ3n) is 3.31. The van der Waals surface area contributed by atoms with Crippen molar-refractivity contribution in [2.75, 3.05) is 24.3 Å². The quantitative estimate of drug-likeness (QED) is 0.862. The van der Waals surface area contributed by atoms with Crippen LogP contribution in [0.15, 0.2) is 54.6 Å². The first-order valence-electron chi connectivity index (χ1n) is 7.31. The summed E-state index contributed by atoms with van der Waals surface area (Å²) in [7, 11) is 3.89. The number of hydrogen-bond donors (Lipinski definition) is 1. The highest BCUT2D eigenvalue weighted by atomic mass is 16.5. The van der Waals surface area contributed by atoms with Crippen molar-refractivity contribution < 1.29 is 14.3 Å². The normalized spacial score (nSPS) is 11.4. The molecule has 0 spiro atoms. The van der Waals surface area contributed by atoms with Crippen LogP contribution < -0.4 is 10.2 Å². The molecule has 2 aromatic carbocycles. The number of hydrogen-bond acceptors (Lipinski definition) is 4. The van der Waals surface area contributed by atoms with Gasteiger partial charge in [-0.25, -0.2) is 4.79 Å². The molecule has 0 aliphatic heterocycles. The maximum absolute atomic E-state index is 12.1. The van der Waals surface area contributed by atoms with Gasteiger partial charge in [-0.15, -0.1) is 0 Å². The number of carbonyl (C=O) groups is 2. The maximum atomic E-state index is 12.1. The van der Waals surface area contributed by atoms with Crippen molar-refractivity contribution in [1.82, 2.24) is 0 Å². The molecule has 2 rings (SSSR count). The van der Waals surface area contributed by atoms with Crippen molar-refractivity contribution in [3.8, 4) is 0 Å². The number of rotatable bonds is 5. The number of benzene rings is 2. The lowest BCUT2D eigenvalue weighted by Gasteiger charge is -2.15. The summed E-state index contributed by atoms with van der Waals surface area (Å²) in [6.07, 6.45) is -0.878. The number of nitrogens with zero attached hydrogens (tertiary/aromatic N) is 1. The van der Waals surface area contributed by atoms with Crippen LogP contribution in [0, 0.1) is 0 Å². The van der Waals surface area contributed by atoms with Crippen LogP contribution in [0.3, 0.4) is 0 Å². The number of ether oxygens (including phenoxy) is 1. The molecule has 1 atom stereocenters. The van der Waals surface area contributed by atoms with Crippen LogP contribution in [0.4, 0.5) is 11.4 Å². The van der Waals surface area contributed by atoms with Crippen molar-refractivity contribution in [3.63, 3.8) is 0 Å². The van der Waals surface area contributed by atoms with E-state index in [-0.39, 0.29) is 5.91 Å². The van der Waals surface area contributed by atoms with Crippen molar-refractivity contribution in [2.45, 2.75) is 13.0 Å². The topological polar surface area (TPSA) is 58.6 Å². The highest BCUT2D eigenvalue weighted by molar-refractivity contribution is 5.97. The first kappa shape index (κ1) is 16.5. The van der Waals surface area contributed by atoms with Gasteiger partial charge in [-0.1, -0.05) is 18.2 Å². The molecule has 0 aliphatic rings. The number of esters is 1. The van der Waals surface area contributed by atoms with E-state index < -0.39 is 12.1 Å². The monoisotopic (exact) mass is 312 g/mol. The molecular weight excluding hydrogens is 292 g/mol. The van der Waals surface area contributed by atoms with Gasteiger partial charge in [-0.05, 0) is 43.3 Å². The zero-order valence-electron chi connectivity index (χ0n) is 13.4. The molecule has 0 aromatic heterocycles. The van der Waals surface area contributed by atoms with Gasteiger partial charge in [0.2, 0.25) is 0 Å². The Balaban J connectivity index is 1.93. The molecule has 23 heavy (non-hydrogen) atoms. The Hall–Kier alpha value is -2.82. The maximum Gasteiger partial charge on any atom is 0.338 e. The van der Waals surface area contributed by atoms with E-state index >= 15 is 0 Å². The molecule has 0 saturated heterocycles. The second kappa shape index (κ2) is 7.45. The second-order valence-corrected chi connectivity index (χ2v) is 5.34. The highest BCUT2D eigenvalue weighted by Gasteiger charge is 2.18. The van der Waals surface area contributed by atoms with Gasteiger partial charge >= 0.3 is 5.97 Å². The lowest BCUT2D eigenvalue weighted by molar-refractivity contribution is -0.123. The molecule has 0 fully saturated rings. The summed E-state index contributed by atoms with van der Waals surface area (Å²) in [6.45, 7) is 1.55. The van der Waals surface area contributed by atoms with Gasteiger partial charge in [0.25, 0.3) is 5.91 Å². The summed E-state index contributed by atoms with van der Waals surface area (Å²) < 4.78 is 5.17. The smallest absolute Gasteiger partial charge is 0.338 e. The Kier molecular flexibility index (Phi) is 5.36. The van der Waals surface area contributed by atoms with Gasteiger partial charge in [-0.3, -0.25) is 4.79 Å². The molecule has 1 unspecified atom stereocenters. The van der Waals surface area contributed by atoms with Crippen molar-refractivity contribution >= 4 is 23.3 Å². The molecule has 5 heteroatoms. The minimum atomic E-state index is -0.878. The third-order valence-corrected chi connectivity index (χ3v) is 3.31. The summed E-state index contributed by atoms with van der Waals surface area (Å²) in [5.74, 6) is -0.886. The van der Waals surface area contributed by atoms with E-state index in [1.165, 1.54) is 0 Å². The van der Waals surface area contributed by atoms with Crippen molar-refractivity contribution in [3.05, 3.63) is 60.2 Å². The predicted molar refractivity (Wildman–Crippen MR) is 90.7 cm³/mol. The van der Waals surface area contributed by atoms with Crippen LogP contribution in [-0.2, 0) is 9.53 Å². The zero-order valence-corrected chi connectivity index (χ0v) is 13.4. The van der Waals surface area contributed by atoms with Crippen molar-refractivity contribution in [2.24, 2.45) is 0 Å². The lowest BCUT2D eigenvalue weighted by atomic mass is 10.2. The highest BCUT2D eigenvalue weighted by Crippen LogP contribution is 2.16. The molecule has 5 nitrogen and oxygen atoms in total. The van der Waals surface area contributed by atoms with Gasteiger partial charge in [0.1, 0.15) is 0 Å². The van der Waals surface area contributed by atoms with E-state index in [2.05, 4.69) is 5.32 Å². The first-order valence-corrected chi connectivity index (χ1v) is 7.31. The molecule has 120 valence electrons. The molecule has 0 aliphatic carbocycles. The van der Waals surface area contributed by atoms with E-state index in [9.17, 15) is 9.59 Å². The summed E-state index contributed by atoms with van der Waals surface area (Å²) in [5.41, 5.74) is 2.11. The fourth-order valence-corrected chi connectivity index (χ4v) is 1.94. The summed E-state index contributed by atoms with van der Waals surface area (Å²) >= 11 is 0. The molecular formula is C18H20N2O3. The Morgan fingerprint density at radius 3 is 2.17 bits per heavy atom. The molecule has 0 saturated carbocycles. The standard InChI is InChI=1S/C18H20N2O3/c1-13(23-18(22)14-7-5-4-6-8-14)17(21)19-15-9-11-16(12-10-15)20(2)3/h4-13H,1-3H3,(H,19,21). The Labute approximate surface area is 135 Å². The third kappa shape index (κ3) is 4.57. The number of nitrogens with one attached hydrogen (secondary N) is 1. The molecule has 1 N–H and O–H groups in total. The largest absolute Gasteiger partial charge is 0.449 e. The van der Waals surface area contributed by atoms with Crippen LogP contribution in [-0.4, -0.2) is 32.1 Å². The number of carbonyl (C=O) groups excluding carboxylic acids is 2. The molecule has 2 aromatic rings. The second-order valence-electron chi connectivity index (χ2n) is 5.34. The van der Waals surface area contributed by atoms with Crippen LogP contribution in [0.1, 0.15) is 17.3 Å². The van der Waals surface area contributed by atoms with Crippen LogP contribution in [0.2, 0.25) is 0 Å². The molecule has 0 bridgehead atoms. The molecule has 1 amide bonds. The average molecular weight is 312 g/mol. The summed E-state index contributed by atoms with van der Waals surface area (Å²) in [6, 6.07) is 16.0. The van der Waals surface area contributed by atoms with Crippen LogP contribution in [0.5, 0.6) is 0 Å². The van der Waals surface area contributed by atoms with E-state index in [0.717, 1.165) is 5.69 Å². The number of amides is 1. The van der Waals surface area contributed by atoms with E-state index in [0.29, 0.717) is 11.3 Å². The minimum absolute atomic E-state index is 0.369. The molecule has 0 heterocycles. The van der Waals surface area contributed by atoms with Crippen LogP contribution in [0.25, 0.3) is 0 Å². The van der Waals surface area contributed by atoms with Gasteiger partial charge in [0.05, 0.1) is 5.56 Å². The van der Waals surface area contributed by atoms with Gasteiger partial charge < -0.3 is 15.0 Å². The Morgan fingerprint density at radius 2 is 1.61 bits per heavy atom. The predicted octanol–water partition coefficient (Wildman–Crippen LogP) is 2.94. The average Bonchev–Trinajstić information content (AvgIpc) is 2.56. The van der Waals surface area contributed by atoms with E-state index in [1.807, 2.05) is 37.2 Å². The fraction of sp³-hybridized carbons (Fsp3) is 0.222. The summed E-state index contributed by atoms with van der Waals surface area (Å²) in [5, 5.41) is 2.73. The minimum Gasteiger partial charge on any atom is -0.449 e. The SMILES string of the molecule is CC(OC(=O)c1ccccc1)C(=O)Nc1ccc(N(C)C)cc1. The fourth-order valence-electron chi connectivity index (χ4n) is 1.94. The Morgan fingerprint density at radius 1 is 1.00 bits per heavy atom. The Bertz CT molecular complexity index is 666. The summed E-state index contributed by atoms with van der Waals surface area (Å²) in [4.78, 5) is 26.0. The van der Waals surface area contributed by atoms with Crippen molar-refractivity contribution in [1.29, 1.82) is 0 Å². The van der Waals surface area contributed by atoms with Gasteiger partial charge in [0.15, 0.2) is 6.10 Å². The molecule has 0 radical (unpaired) electrons. The van der Waals surface area contributed by atoms with Crippen LogP contribution >= 0.6 is 0 Å². The zero-order chi connectivity index (χ0) is 16.8. The number of anilines is 2. The van der Waals surface area contributed by atoms with Gasteiger partial charge in [0, 0.05) is 25.5 Å².